The molecule has 2 fully saturated rings. The van der Waals surface area contributed by atoms with Crippen LogP contribution in [0, 0.1) is 11.3 Å². The normalized spacial score (nSPS) is 32.6. The Morgan fingerprint density at radius 2 is 2.06 bits per heavy atom. The maximum absolute atomic E-state index is 11.8. The molecule has 16 heavy (non-hydrogen) atoms. The highest BCUT2D eigenvalue weighted by atomic mass is 16.2. The first kappa shape index (κ1) is 11.4. The fraction of sp³-hybridized carbons (Fsp3) is 0.833. The van der Waals surface area contributed by atoms with Crippen molar-refractivity contribution in [2.45, 2.75) is 39.7 Å². The van der Waals surface area contributed by atoms with Crippen molar-refractivity contribution in [2.24, 2.45) is 11.3 Å². The Labute approximate surface area is 96.4 Å². The number of amides is 2. The van der Waals surface area contributed by atoms with Crippen LogP contribution in [-0.2, 0) is 9.59 Å². The molecule has 0 aromatic heterocycles. The van der Waals surface area contributed by atoms with Gasteiger partial charge < -0.3 is 10.2 Å². The number of nitrogens with zero attached hydrogens (tertiary/aromatic N) is 1. The van der Waals surface area contributed by atoms with Crippen LogP contribution in [0.25, 0.3) is 0 Å². The van der Waals surface area contributed by atoms with Gasteiger partial charge in [-0.3, -0.25) is 9.59 Å². The highest BCUT2D eigenvalue weighted by Crippen LogP contribution is 2.52. The van der Waals surface area contributed by atoms with Gasteiger partial charge in [0.2, 0.25) is 11.8 Å². The van der Waals surface area contributed by atoms with Gasteiger partial charge in [0, 0.05) is 6.54 Å². The van der Waals surface area contributed by atoms with Crippen molar-refractivity contribution < 1.29 is 9.59 Å². The molecule has 4 heteroatoms. The van der Waals surface area contributed by atoms with Gasteiger partial charge in [0.1, 0.15) is 6.04 Å². The molecule has 2 unspecified atom stereocenters. The van der Waals surface area contributed by atoms with Gasteiger partial charge in [0.25, 0.3) is 0 Å². The van der Waals surface area contributed by atoms with Gasteiger partial charge in [-0.15, -0.1) is 0 Å². The second-order valence-corrected chi connectivity index (χ2v) is 5.58. The van der Waals surface area contributed by atoms with Gasteiger partial charge in [-0.2, -0.15) is 0 Å². The first-order chi connectivity index (χ1) is 7.45. The summed E-state index contributed by atoms with van der Waals surface area (Å²) in [6, 6.07) is -0.252. The molecule has 2 rings (SSSR count). The molecule has 1 aliphatic heterocycles. The Morgan fingerprint density at radius 1 is 1.44 bits per heavy atom. The molecule has 1 aliphatic carbocycles. The molecule has 0 aromatic carbocycles. The van der Waals surface area contributed by atoms with Crippen molar-refractivity contribution >= 4 is 11.8 Å². The zero-order chi connectivity index (χ0) is 11.9. The van der Waals surface area contributed by atoms with Crippen molar-refractivity contribution in [2.75, 3.05) is 13.1 Å². The maximum atomic E-state index is 11.8. The molecule has 4 nitrogen and oxygen atoms in total. The lowest BCUT2D eigenvalue weighted by Gasteiger charge is -2.34. The highest BCUT2D eigenvalue weighted by Gasteiger charge is 2.48. The Kier molecular flexibility index (Phi) is 2.68. The molecule has 1 saturated carbocycles. The summed E-state index contributed by atoms with van der Waals surface area (Å²) in [5.74, 6) is 0.631. The lowest BCUT2D eigenvalue weighted by atomic mass is 10.1. The van der Waals surface area contributed by atoms with Crippen molar-refractivity contribution in [1.82, 2.24) is 10.2 Å². The number of rotatable bonds is 3. The largest absolute Gasteiger partial charge is 0.345 e. The Balaban J connectivity index is 2.04. The summed E-state index contributed by atoms with van der Waals surface area (Å²) in [5.41, 5.74) is 0.354. The van der Waals surface area contributed by atoms with E-state index in [2.05, 4.69) is 19.2 Å². The monoisotopic (exact) mass is 224 g/mol. The smallest absolute Gasteiger partial charge is 0.243 e. The van der Waals surface area contributed by atoms with E-state index in [1.807, 2.05) is 6.92 Å². The van der Waals surface area contributed by atoms with Crippen LogP contribution in [0.3, 0.4) is 0 Å². The molecule has 2 atom stereocenters. The molecule has 2 amide bonds. The Morgan fingerprint density at radius 3 is 2.56 bits per heavy atom. The number of nitrogens with one attached hydrogen (secondary N) is 1. The van der Waals surface area contributed by atoms with Crippen LogP contribution in [0.1, 0.15) is 33.6 Å². The fourth-order valence-electron chi connectivity index (χ4n) is 2.46. The van der Waals surface area contributed by atoms with E-state index in [0.717, 1.165) is 13.0 Å². The van der Waals surface area contributed by atoms with E-state index in [1.54, 1.807) is 4.90 Å². The number of hydrogen-bond donors (Lipinski definition) is 1. The van der Waals surface area contributed by atoms with Crippen LogP contribution in [0.2, 0.25) is 0 Å². The van der Waals surface area contributed by atoms with Gasteiger partial charge in [0.15, 0.2) is 0 Å². The predicted molar refractivity (Wildman–Crippen MR) is 60.7 cm³/mol. The van der Waals surface area contributed by atoms with Gasteiger partial charge in [-0.05, 0) is 24.2 Å². The highest BCUT2D eigenvalue weighted by molar-refractivity contribution is 5.94. The summed E-state index contributed by atoms with van der Waals surface area (Å²) in [7, 11) is 0. The fourth-order valence-corrected chi connectivity index (χ4v) is 2.46. The lowest BCUT2D eigenvalue weighted by molar-refractivity contribution is -0.146. The molecule has 90 valence electrons. The van der Waals surface area contributed by atoms with Crippen LogP contribution in [0.4, 0.5) is 0 Å². The van der Waals surface area contributed by atoms with E-state index < -0.39 is 0 Å². The van der Waals surface area contributed by atoms with Crippen LogP contribution in [0.15, 0.2) is 0 Å². The summed E-state index contributed by atoms with van der Waals surface area (Å²) in [6.45, 7) is 7.30. The standard InChI is InChI=1S/C12H20N2O2/c1-4-9-11(16)13-6-10(15)14(9)7-8-5-12(8,2)3/h8-9H,4-7H2,1-3H3,(H,13,16). The number of carbonyl (C=O) groups is 2. The molecular weight excluding hydrogens is 204 g/mol. The molecule has 1 saturated heterocycles. The van der Waals surface area contributed by atoms with Gasteiger partial charge >= 0.3 is 0 Å². The molecule has 0 radical (unpaired) electrons. The van der Waals surface area contributed by atoms with E-state index in [4.69, 9.17) is 0 Å². The van der Waals surface area contributed by atoms with E-state index in [1.165, 1.54) is 0 Å². The summed E-state index contributed by atoms with van der Waals surface area (Å²) < 4.78 is 0. The molecule has 1 N–H and O–H groups in total. The van der Waals surface area contributed by atoms with Crippen LogP contribution in [0.5, 0.6) is 0 Å². The van der Waals surface area contributed by atoms with Crippen molar-refractivity contribution in [3.63, 3.8) is 0 Å². The summed E-state index contributed by atoms with van der Waals surface area (Å²) >= 11 is 0. The lowest BCUT2D eigenvalue weighted by Crippen LogP contribution is -2.58. The molecule has 1 heterocycles. The van der Waals surface area contributed by atoms with E-state index in [-0.39, 0.29) is 24.4 Å². The minimum Gasteiger partial charge on any atom is -0.345 e. The Hall–Kier alpha value is -1.06. The molecular formula is C12H20N2O2. The second kappa shape index (κ2) is 3.75. The van der Waals surface area contributed by atoms with Gasteiger partial charge in [-0.1, -0.05) is 20.8 Å². The third-order valence-electron chi connectivity index (χ3n) is 3.93. The summed E-state index contributed by atoms with van der Waals surface area (Å²) in [6.07, 6.45) is 1.86. The van der Waals surface area contributed by atoms with Crippen molar-refractivity contribution in [3.05, 3.63) is 0 Å². The maximum Gasteiger partial charge on any atom is 0.243 e. The summed E-state index contributed by atoms with van der Waals surface area (Å²) in [5, 5.41) is 2.65. The van der Waals surface area contributed by atoms with Gasteiger partial charge in [0.05, 0.1) is 6.54 Å². The Bertz CT molecular complexity index is 325. The molecule has 2 aliphatic rings. The SMILES string of the molecule is CCC1C(=O)NCC(=O)N1CC1CC1(C)C. The molecule has 0 bridgehead atoms. The van der Waals surface area contributed by atoms with Crippen LogP contribution in [-0.4, -0.2) is 35.8 Å². The first-order valence-electron chi connectivity index (χ1n) is 6.03. The number of piperazine rings is 1. The second-order valence-electron chi connectivity index (χ2n) is 5.58. The van der Waals surface area contributed by atoms with Crippen LogP contribution >= 0.6 is 0 Å². The van der Waals surface area contributed by atoms with E-state index in [9.17, 15) is 9.59 Å². The van der Waals surface area contributed by atoms with E-state index in [0.29, 0.717) is 17.8 Å². The molecule has 0 spiro atoms. The number of hydrogen-bond acceptors (Lipinski definition) is 2. The van der Waals surface area contributed by atoms with Crippen molar-refractivity contribution in [1.29, 1.82) is 0 Å². The van der Waals surface area contributed by atoms with Gasteiger partial charge in [-0.25, -0.2) is 0 Å². The van der Waals surface area contributed by atoms with Crippen LogP contribution < -0.4 is 5.32 Å². The predicted octanol–water partition coefficient (Wildman–Crippen LogP) is 0.769. The zero-order valence-corrected chi connectivity index (χ0v) is 10.2. The number of carbonyl (C=O) groups excluding carboxylic acids is 2. The zero-order valence-electron chi connectivity index (χ0n) is 10.2. The minimum absolute atomic E-state index is 0.000515. The van der Waals surface area contributed by atoms with E-state index >= 15 is 0 Å². The average Bonchev–Trinajstić information content (AvgIpc) is 2.81. The summed E-state index contributed by atoms with van der Waals surface area (Å²) in [4.78, 5) is 25.2. The minimum atomic E-state index is -0.252. The van der Waals surface area contributed by atoms with Crippen molar-refractivity contribution in [3.8, 4) is 0 Å². The average molecular weight is 224 g/mol. The quantitative estimate of drug-likeness (QED) is 0.769. The topological polar surface area (TPSA) is 49.4 Å². The molecule has 0 aromatic rings. The first-order valence-corrected chi connectivity index (χ1v) is 6.03. The third kappa shape index (κ3) is 1.93. The third-order valence-corrected chi connectivity index (χ3v) is 3.93.